The summed E-state index contributed by atoms with van der Waals surface area (Å²) in [5.41, 5.74) is 2.53. The van der Waals surface area contributed by atoms with E-state index >= 15 is 0 Å². The van der Waals surface area contributed by atoms with Crippen LogP contribution in [0.2, 0.25) is 0 Å². The van der Waals surface area contributed by atoms with Crippen LogP contribution in [0.4, 0.5) is 4.39 Å². The second-order valence-corrected chi connectivity index (χ2v) is 4.11. The van der Waals surface area contributed by atoms with Crippen molar-refractivity contribution in [1.82, 2.24) is 5.43 Å². The van der Waals surface area contributed by atoms with Crippen molar-refractivity contribution in [2.45, 2.75) is 0 Å². The zero-order valence-electron chi connectivity index (χ0n) is 9.06. The maximum absolute atomic E-state index is 13.2. The molecule has 1 aromatic heterocycles. The van der Waals surface area contributed by atoms with Crippen LogP contribution in [0.3, 0.4) is 0 Å². The lowest BCUT2D eigenvalue weighted by molar-refractivity contribution is 0.0926. The predicted molar refractivity (Wildman–Crippen MR) is 67.9 cm³/mol. The summed E-state index contributed by atoms with van der Waals surface area (Å²) < 4.78 is 18.7. The molecule has 1 aromatic carbocycles. The monoisotopic (exact) mass is 310 g/mol. The Bertz CT molecular complexity index is 595. The second-order valence-electron chi connectivity index (χ2n) is 3.32. The first kappa shape index (κ1) is 12.5. The van der Waals surface area contributed by atoms with Crippen LogP contribution in [-0.2, 0) is 0 Å². The van der Waals surface area contributed by atoms with Crippen molar-refractivity contribution in [3.63, 3.8) is 0 Å². The molecular formula is C12H8BrFN2O2. The Morgan fingerprint density at radius 2 is 2.11 bits per heavy atom. The van der Waals surface area contributed by atoms with E-state index in [1.807, 2.05) is 0 Å². The Labute approximate surface area is 111 Å². The molecule has 6 heteroatoms. The van der Waals surface area contributed by atoms with Crippen LogP contribution in [0.25, 0.3) is 0 Å². The molecule has 0 bridgehead atoms. The number of carbonyl (C=O) groups excluding carboxylic acids is 1. The Morgan fingerprint density at radius 1 is 1.33 bits per heavy atom. The maximum atomic E-state index is 13.2. The van der Waals surface area contributed by atoms with Crippen molar-refractivity contribution in [2.75, 3.05) is 0 Å². The Balaban J connectivity index is 2.00. The van der Waals surface area contributed by atoms with Gasteiger partial charge in [0, 0.05) is 5.56 Å². The summed E-state index contributed by atoms with van der Waals surface area (Å²) in [6.45, 7) is 0. The molecule has 0 radical (unpaired) electrons. The molecule has 0 spiro atoms. The smallest absolute Gasteiger partial charge is 0.307 e. The molecule has 0 fully saturated rings. The summed E-state index contributed by atoms with van der Waals surface area (Å²) >= 11 is 3.08. The summed E-state index contributed by atoms with van der Waals surface area (Å²) in [4.78, 5) is 11.5. The molecule has 0 aliphatic carbocycles. The highest BCUT2D eigenvalue weighted by molar-refractivity contribution is 9.10. The first-order valence-electron chi connectivity index (χ1n) is 5.00. The Morgan fingerprint density at radius 3 is 2.78 bits per heavy atom. The largest absolute Gasteiger partial charge is 0.444 e. The van der Waals surface area contributed by atoms with Crippen LogP contribution in [0, 0.1) is 5.82 Å². The van der Waals surface area contributed by atoms with Gasteiger partial charge in [0.05, 0.1) is 6.21 Å². The van der Waals surface area contributed by atoms with Crippen LogP contribution in [0.15, 0.2) is 50.6 Å². The average molecular weight is 311 g/mol. The van der Waals surface area contributed by atoms with Crippen molar-refractivity contribution in [3.05, 3.63) is 58.2 Å². The van der Waals surface area contributed by atoms with Gasteiger partial charge in [-0.25, -0.2) is 9.82 Å². The molecule has 1 amide bonds. The van der Waals surface area contributed by atoms with Gasteiger partial charge in [-0.2, -0.15) is 5.10 Å². The summed E-state index contributed by atoms with van der Waals surface area (Å²) in [6.07, 6.45) is 1.23. The van der Waals surface area contributed by atoms with E-state index in [0.29, 0.717) is 10.2 Å². The van der Waals surface area contributed by atoms with E-state index in [1.54, 1.807) is 24.3 Å². The third-order valence-electron chi connectivity index (χ3n) is 2.07. The fourth-order valence-corrected chi connectivity index (χ4v) is 1.54. The summed E-state index contributed by atoms with van der Waals surface area (Å²) in [6, 6.07) is 9.20. The van der Waals surface area contributed by atoms with Crippen LogP contribution < -0.4 is 5.43 Å². The van der Waals surface area contributed by atoms with Gasteiger partial charge in [0.1, 0.15) is 5.82 Å². The lowest BCUT2D eigenvalue weighted by Gasteiger charge is -1.96. The number of hydrogen-bond acceptors (Lipinski definition) is 3. The zero-order chi connectivity index (χ0) is 13.0. The first-order chi connectivity index (χ1) is 8.66. The van der Waals surface area contributed by atoms with Crippen molar-refractivity contribution in [3.8, 4) is 0 Å². The number of carbonyl (C=O) groups is 1. The highest BCUT2D eigenvalue weighted by Crippen LogP contribution is 2.13. The molecule has 0 aliphatic heterocycles. The number of halogens is 2. The van der Waals surface area contributed by atoms with E-state index in [1.165, 1.54) is 18.3 Å². The molecule has 1 N–H and O–H groups in total. The lowest BCUT2D eigenvalue weighted by atomic mass is 10.2. The molecule has 1 heterocycles. The fraction of sp³-hybridized carbons (Fsp3) is 0. The molecule has 92 valence electrons. The number of amides is 1. The minimum Gasteiger partial charge on any atom is -0.444 e. The highest BCUT2D eigenvalue weighted by atomic mass is 79.9. The van der Waals surface area contributed by atoms with Gasteiger partial charge in [0.25, 0.3) is 0 Å². The van der Waals surface area contributed by atoms with E-state index in [4.69, 9.17) is 4.42 Å². The molecule has 2 rings (SSSR count). The van der Waals surface area contributed by atoms with Crippen LogP contribution >= 0.6 is 15.9 Å². The molecule has 2 aromatic rings. The van der Waals surface area contributed by atoms with Crippen LogP contribution in [0.5, 0.6) is 0 Å². The van der Waals surface area contributed by atoms with Crippen LogP contribution in [0.1, 0.15) is 16.1 Å². The third-order valence-corrected chi connectivity index (χ3v) is 2.50. The van der Waals surface area contributed by atoms with E-state index < -0.39 is 11.7 Å². The zero-order valence-corrected chi connectivity index (χ0v) is 10.6. The standard InChI is InChI=1S/C12H8BrFN2O2/c13-11-6-5-10(18-11)12(17)16-15-7-8-3-1-2-4-9(8)14/h1-7H,(H,16,17). The molecule has 0 aliphatic rings. The maximum Gasteiger partial charge on any atom is 0.307 e. The fourth-order valence-electron chi connectivity index (χ4n) is 1.23. The Kier molecular flexibility index (Phi) is 3.88. The normalized spacial score (nSPS) is 10.8. The topological polar surface area (TPSA) is 54.6 Å². The second kappa shape index (κ2) is 5.59. The van der Waals surface area contributed by atoms with Gasteiger partial charge < -0.3 is 4.42 Å². The van der Waals surface area contributed by atoms with Gasteiger partial charge in [-0.05, 0) is 34.1 Å². The van der Waals surface area contributed by atoms with Gasteiger partial charge >= 0.3 is 5.91 Å². The molecule has 0 saturated heterocycles. The number of nitrogens with zero attached hydrogens (tertiary/aromatic N) is 1. The SMILES string of the molecule is O=C(NN=Cc1ccccc1F)c1ccc(Br)o1. The number of furan rings is 1. The van der Waals surface area contributed by atoms with Crippen molar-refractivity contribution in [1.29, 1.82) is 0 Å². The summed E-state index contributed by atoms with van der Waals surface area (Å²) in [5, 5.41) is 3.65. The van der Waals surface area contributed by atoms with E-state index in [9.17, 15) is 9.18 Å². The molecule has 0 unspecified atom stereocenters. The molecule has 0 atom stereocenters. The highest BCUT2D eigenvalue weighted by Gasteiger charge is 2.08. The number of benzene rings is 1. The van der Waals surface area contributed by atoms with E-state index in [0.717, 1.165) is 0 Å². The number of hydrogen-bond donors (Lipinski definition) is 1. The predicted octanol–water partition coefficient (Wildman–Crippen LogP) is 2.95. The molecular weight excluding hydrogens is 303 g/mol. The van der Waals surface area contributed by atoms with Gasteiger partial charge in [-0.1, -0.05) is 18.2 Å². The number of nitrogens with one attached hydrogen (secondary N) is 1. The van der Waals surface area contributed by atoms with E-state index in [2.05, 4.69) is 26.5 Å². The van der Waals surface area contributed by atoms with Crippen molar-refractivity contribution >= 4 is 28.1 Å². The molecule has 18 heavy (non-hydrogen) atoms. The lowest BCUT2D eigenvalue weighted by Crippen LogP contribution is -2.16. The van der Waals surface area contributed by atoms with Gasteiger partial charge in [0.15, 0.2) is 10.4 Å². The van der Waals surface area contributed by atoms with Gasteiger partial charge in [-0.3, -0.25) is 4.79 Å². The van der Waals surface area contributed by atoms with Crippen molar-refractivity contribution in [2.24, 2.45) is 5.10 Å². The first-order valence-corrected chi connectivity index (χ1v) is 5.79. The minimum absolute atomic E-state index is 0.118. The molecule has 0 saturated carbocycles. The number of rotatable bonds is 3. The van der Waals surface area contributed by atoms with E-state index in [-0.39, 0.29) is 5.76 Å². The molecule has 4 nitrogen and oxygen atoms in total. The third kappa shape index (κ3) is 3.04. The van der Waals surface area contributed by atoms with Crippen LogP contribution in [-0.4, -0.2) is 12.1 Å². The summed E-state index contributed by atoms with van der Waals surface area (Å²) in [5.74, 6) is -0.794. The van der Waals surface area contributed by atoms with Gasteiger partial charge in [-0.15, -0.1) is 0 Å². The Hall–Kier alpha value is -1.95. The average Bonchev–Trinajstić information content (AvgIpc) is 2.78. The quantitative estimate of drug-likeness (QED) is 0.700. The van der Waals surface area contributed by atoms with Gasteiger partial charge in [0.2, 0.25) is 0 Å². The van der Waals surface area contributed by atoms with Crippen molar-refractivity contribution < 1.29 is 13.6 Å². The summed E-state index contributed by atoms with van der Waals surface area (Å²) in [7, 11) is 0. The number of hydrazone groups is 1. The minimum atomic E-state index is -0.506.